The highest BCUT2D eigenvalue weighted by Gasteiger charge is 2.27. The molecule has 1 aromatic rings. The molecular weight excluding hydrogens is 206 g/mol. The molecule has 1 aliphatic carbocycles. The van der Waals surface area contributed by atoms with Gasteiger partial charge in [0.05, 0.1) is 12.4 Å². The van der Waals surface area contributed by atoms with E-state index in [2.05, 4.69) is 22.2 Å². The van der Waals surface area contributed by atoms with Crippen molar-refractivity contribution in [1.82, 2.24) is 9.97 Å². The van der Waals surface area contributed by atoms with E-state index in [0.29, 0.717) is 11.7 Å². The fraction of sp³-hybridized carbons (Fsp3) is 0.545. The van der Waals surface area contributed by atoms with Gasteiger partial charge < -0.3 is 10.4 Å². The quantitative estimate of drug-likeness (QED) is 0.790. The van der Waals surface area contributed by atoms with Gasteiger partial charge in [-0.2, -0.15) is 0 Å². The average molecular weight is 221 g/mol. The van der Waals surface area contributed by atoms with E-state index in [1.807, 2.05) is 0 Å². The molecule has 5 heteroatoms. The van der Waals surface area contributed by atoms with Crippen LogP contribution in [0.25, 0.3) is 0 Å². The van der Waals surface area contributed by atoms with Crippen molar-refractivity contribution in [3.05, 3.63) is 18.1 Å². The topological polar surface area (TPSA) is 75.1 Å². The summed E-state index contributed by atoms with van der Waals surface area (Å²) >= 11 is 0. The summed E-state index contributed by atoms with van der Waals surface area (Å²) in [6, 6.07) is 0. The molecule has 0 aliphatic heterocycles. The molecule has 16 heavy (non-hydrogen) atoms. The van der Waals surface area contributed by atoms with Crippen LogP contribution in [0.5, 0.6) is 0 Å². The first kappa shape index (κ1) is 10.9. The predicted octanol–water partition coefficient (Wildman–Crippen LogP) is 1.63. The number of nitrogens with one attached hydrogen (secondary N) is 1. The van der Waals surface area contributed by atoms with Crippen LogP contribution in [0, 0.1) is 11.8 Å². The molecule has 1 aliphatic rings. The van der Waals surface area contributed by atoms with Crippen LogP contribution in [0.4, 0.5) is 5.82 Å². The lowest BCUT2D eigenvalue weighted by Crippen LogP contribution is -2.14. The monoisotopic (exact) mass is 221 g/mol. The molecule has 1 heterocycles. The first-order valence-corrected chi connectivity index (χ1v) is 5.46. The van der Waals surface area contributed by atoms with E-state index >= 15 is 0 Å². The molecule has 0 saturated heterocycles. The lowest BCUT2D eigenvalue weighted by atomic mass is 10.1. The molecule has 0 amide bonds. The number of nitrogens with zero attached hydrogens (tertiary/aromatic N) is 2. The van der Waals surface area contributed by atoms with Crippen molar-refractivity contribution in [2.75, 3.05) is 11.9 Å². The highest BCUT2D eigenvalue weighted by atomic mass is 16.4. The fourth-order valence-electron chi connectivity index (χ4n) is 1.65. The van der Waals surface area contributed by atoms with Crippen LogP contribution in [0.1, 0.15) is 30.3 Å². The maximum absolute atomic E-state index is 10.7. The Morgan fingerprint density at radius 1 is 1.62 bits per heavy atom. The zero-order valence-electron chi connectivity index (χ0n) is 9.18. The van der Waals surface area contributed by atoms with Crippen molar-refractivity contribution >= 4 is 11.8 Å². The Labute approximate surface area is 93.9 Å². The Morgan fingerprint density at radius 3 is 3.00 bits per heavy atom. The van der Waals surface area contributed by atoms with Crippen molar-refractivity contribution in [3.8, 4) is 0 Å². The van der Waals surface area contributed by atoms with E-state index in [-0.39, 0.29) is 5.69 Å². The summed E-state index contributed by atoms with van der Waals surface area (Å²) in [5, 5.41) is 11.9. The van der Waals surface area contributed by atoms with Gasteiger partial charge in [-0.25, -0.2) is 9.78 Å². The molecule has 5 nitrogen and oxygen atoms in total. The van der Waals surface area contributed by atoms with Gasteiger partial charge in [0, 0.05) is 6.54 Å². The minimum absolute atomic E-state index is 0.0240. The molecule has 0 spiro atoms. The number of rotatable bonds is 5. The third kappa shape index (κ3) is 2.68. The molecule has 1 saturated carbocycles. The van der Waals surface area contributed by atoms with Gasteiger partial charge in [-0.1, -0.05) is 6.92 Å². The van der Waals surface area contributed by atoms with Gasteiger partial charge in [-0.3, -0.25) is 4.98 Å². The van der Waals surface area contributed by atoms with E-state index in [4.69, 9.17) is 5.11 Å². The number of hydrogen-bond acceptors (Lipinski definition) is 4. The Bertz CT molecular complexity index is 391. The Kier molecular flexibility index (Phi) is 3.03. The van der Waals surface area contributed by atoms with Crippen LogP contribution in [-0.4, -0.2) is 27.6 Å². The van der Waals surface area contributed by atoms with Gasteiger partial charge in [0.2, 0.25) is 0 Å². The normalized spacial score (nSPS) is 16.8. The van der Waals surface area contributed by atoms with Crippen molar-refractivity contribution in [2.24, 2.45) is 11.8 Å². The highest BCUT2D eigenvalue weighted by molar-refractivity contribution is 5.85. The van der Waals surface area contributed by atoms with Crippen LogP contribution < -0.4 is 5.32 Å². The summed E-state index contributed by atoms with van der Waals surface area (Å²) in [5.74, 6) is 0.914. The lowest BCUT2D eigenvalue weighted by Gasteiger charge is -2.11. The number of carboxylic acids is 1. The van der Waals surface area contributed by atoms with Crippen molar-refractivity contribution in [3.63, 3.8) is 0 Å². The third-order valence-corrected chi connectivity index (χ3v) is 2.89. The number of anilines is 1. The van der Waals surface area contributed by atoms with Gasteiger partial charge in [0.1, 0.15) is 5.82 Å². The summed E-state index contributed by atoms with van der Waals surface area (Å²) in [5.41, 5.74) is -0.0240. The number of aromatic carboxylic acids is 1. The van der Waals surface area contributed by atoms with Crippen LogP contribution in [-0.2, 0) is 0 Å². The van der Waals surface area contributed by atoms with Gasteiger partial charge in [-0.15, -0.1) is 0 Å². The molecule has 1 atom stereocenters. The minimum Gasteiger partial charge on any atom is -0.476 e. The van der Waals surface area contributed by atoms with Crippen molar-refractivity contribution in [1.29, 1.82) is 0 Å². The molecule has 0 radical (unpaired) electrons. The smallest absolute Gasteiger partial charge is 0.356 e. The van der Waals surface area contributed by atoms with Gasteiger partial charge in [0.25, 0.3) is 0 Å². The molecule has 0 bridgehead atoms. The lowest BCUT2D eigenvalue weighted by molar-refractivity contribution is 0.0690. The van der Waals surface area contributed by atoms with E-state index in [1.165, 1.54) is 19.0 Å². The molecule has 2 rings (SSSR count). The van der Waals surface area contributed by atoms with E-state index < -0.39 is 5.97 Å². The number of carbonyl (C=O) groups is 1. The SMILES string of the molecule is CC(CNc1cncc(C(=O)O)n1)C1CC1. The molecule has 0 aromatic carbocycles. The molecule has 2 N–H and O–H groups in total. The maximum atomic E-state index is 10.7. The molecule has 1 fully saturated rings. The van der Waals surface area contributed by atoms with Crippen LogP contribution in [0.3, 0.4) is 0 Å². The van der Waals surface area contributed by atoms with Gasteiger partial charge in [-0.05, 0) is 24.7 Å². The number of aromatic nitrogens is 2. The minimum atomic E-state index is -1.05. The zero-order chi connectivity index (χ0) is 11.5. The maximum Gasteiger partial charge on any atom is 0.356 e. The standard InChI is InChI=1S/C11H15N3O2/c1-7(8-2-3-8)4-13-10-6-12-5-9(14-10)11(15)16/h5-8H,2-4H2,1H3,(H,13,14)(H,15,16). The highest BCUT2D eigenvalue weighted by Crippen LogP contribution is 2.36. The van der Waals surface area contributed by atoms with Crippen molar-refractivity contribution < 1.29 is 9.90 Å². The van der Waals surface area contributed by atoms with E-state index in [1.54, 1.807) is 6.20 Å². The fourth-order valence-corrected chi connectivity index (χ4v) is 1.65. The first-order chi connectivity index (χ1) is 7.66. The zero-order valence-corrected chi connectivity index (χ0v) is 9.18. The second-order valence-electron chi connectivity index (χ2n) is 4.29. The van der Waals surface area contributed by atoms with Gasteiger partial charge in [0.15, 0.2) is 5.69 Å². The summed E-state index contributed by atoms with van der Waals surface area (Å²) in [6.07, 6.45) is 5.41. The molecule has 1 aromatic heterocycles. The molecule has 86 valence electrons. The predicted molar refractivity (Wildman–Crippen MR) is 59.4 cm³/mol. The number of carboxylic acid groups (broad SMARTS) is 1. The Morgan fingerprint density at radius 2 is 2.38 bits per heavy atom. The second-order valence-corrected chi connectivity index (χ2v) is 4.29. The van der Waals surface area contributed by atoms with Crippen LogP contribution in [0.2, 0.25) is 0 Å². The van der Waals surface area contributed by atoms with E-state index in [0.717, 1.165) is 12.5 Å². The van der Waals surface area contributed by atoms with Gasteiger partial charge >= 0.3 is 5.97 Å². The summed E-state index contributed by atoms with van der Waals surface area (Å²) in [6.45, 7) is 3.02. The first-order valence-electron chi connectivity index (χ1n) is 5.46. The summed E-state index contributed by atoms with van der Waals surface area (Å²) in [7, 11) is 0. The summed E-state index contributed by atoms with van der Waals surface area (Å²) in [4.78, 5) is 18.5. The van der Waals surface area contributed by atoms with Crippen LogP contribution in [0.15, 0.2) is 12.4 Å². The average Bonchev–Trinajstić information content (AvgIpc) is 3.10. The van der Waals surface area contributed by atoms with E-state index in [9.17, 15) is 4.79 Å². The Hall–Kier alpha value is -1.65. The molecular formula is C11H15N3O2. The third-order valence-electron chi connectivity index (χ3n) is 2.89. The van der Waals surface area contributed by atoms with Crippen molar-refractivity contribution in [2.45, 2.75) is 19.8 Å². The van der Waals surface area contributed by atoms with Crippen LogP contribution >= 0.6 is 0 Å². The second kappa shape index (κ2) is 4.47. The largest absolute Gasteiger partial charge is 0.476 e. The number of hydrogen-bond donors (Lipinski definition) is 2. The Balaban J connectivity index is 1.92. The summed E-state index contributed by atoms with van der Waals surface area (Å²) < 4.78 is 0. The molecule has 1 unspecified atom stereocenters.